The minimum absolute atomic E-state index is 0.0412. The van der Waals surface area contributed by atoms with Crippen LogP contribution in [0.1, 0.15) is 205 Å². The Morgan fingerprint density at radius 1 is 0.455 bits per heavy atom. The SMILES string of the molecule is CCCCCCCC/C=C\CCCCCCCC(=O)Oc1ccc(C=Cc2cc(O)cc(OC(=O)CCCCCCC/C=C\CCCCCCCC)c2)cc1. The van der Waals surface area contributed by atoms with Crippen molar-refractivity contribution in [2.75, 3.05) is 0 Å². The first kappa shape index (κ1) is 47.6. The summed E-state index contributed by atoms with van der Waals surface area (Å²) in [5, 5.41) is 10.2. The van der Waals surface area contributed by atoms with Crippen LogP contribution in [0.5, 0.6) is 17.2 Å². The summed E-state index contributed by atoms with van der Waals surface area (Å²) in [5.74, 6) is 0.443. The van der Waals surface area contributed by atoms with Crippen LogP contribution in [0.4, 0.5) is 0 Å². The van der Waals surface area contributed by atoms with E-state index < -0.39 is 0 Å². The number of hydrogen-bond acceptors (Lipinski definition) is 5. The molecule has 0 bridgehead atoms. The van der Waals surface area contributed by atoms with E-state index in [1.807, 2.05) is 24.3 Å². The van der Waals surface area contributed by atoms with E-state index in [0.717, 1.165) is 62.5 Å². The first-order valence-electron chi connectivity index (χ1n) is 22.3. The molecule has 0 aliphatic heterocycles. The molecule has 0 saturated heterocycles. The van der Waals surface area contributed by atoms with E-state index in [9.17, 15) is 14.7 Å². The summed E-state index contributed by atoms with van der Waals surface area (Å²) in [7, 11) is 0. The fourth-order valence-corrected chi connectivity index (χ4v) is 6.65. The number of phenolic OH excluding ortho intramolecular Hbond substituents is 1. The molecule has 2 aromatic rings. The van der Waals surface area contributed by atoms with Gasteiger partial charge < -0.3 is 14.6 Å². The third-order valence-corrected chi connectivity index (χ3v) is 10.0. The first-order chi connectivity index (χ1) is 27.0. The van der Waals surface area contributed by atoms with Crippen molar-refractivity contribution in [2.45, 2.75) is 194 Å². The second kappa shape index (κ2) is 33.7. The quantitative estimate of drug-likeness (QED) is 0.0253. The number of unbranched alkanes of at least 4 members (excludes halogenated alkanes) is 22. The molecule has 1 N–H and O–H groups in total. The van der Waals surface area contributed by atoms with Gasteiger partial charge in [0.2, 0.25) is 0 Å². The zero-order valence-corrected chi connectivity index (χ0v) is 34.9. The zero-order chi connectivity index (χ0) is 39.4. The van der Waals surface area contributed by atoms with Crippen LogP contribution in [-0.2, 0) is 9.59 Å². The number of carbonyl (C=O) groups is 2. The van der Waals surface area contributed by atoms with Gasteiger partial charge >= 0.3 is 11.9 Å². The van der Waals surface area contributed by atoms with Crippen LogP contribution in [0, 0.1) is 0 Å². The van der Waals surface area contributed by atoms with Crippen LogP contribution in [-0.4, -0.2) is 17.0 Å². The minimum atomic E-state index is -0.277. The maximum atomic E-state index is 12.5. The van der Waals surface area contributed by atoms with Gasteiger partial charge in [-0.2, -0.15) is 0 Å². The fraction of sp³-hybridized carbons (Fsp3) is 0.600. The van der Waals surface area contributed by atoms with Gasteiger partial charge in [-0.25, -0.2) is 0 Å². The number of rotatable bonds is 34. The number of carbonyl (C=O) groups excluding carboxylic acids is 2. The normalized spacial score (nSPS) is 11.7. The highest BCUT2D eigenvalue weighted by Gasteiger charge is 2.08. The van der Waals surface area contributed by atoms with E-state index in [2.05, 4.69) is 38.2 Å². The standard InChI is InChI=1S/C50H76O5/c1-3-5-7-9-11-13-15-17-19-21-23-25-27-29-31-33-49(52)54-47-39-37-44(38-40-47)35-36-45-41-46(51)43-48(42-45)55-50(53)34-32-30-28-26-24-22-20-18-16-14-12-10-8-6-4-2/h17-20,35-43,51H,3-16,21-34H2,1-2H3/b19-17-,20-18-,36-35?. The molecule has 0 aliphatic rings. The van der Waals surface area contributed by atoms with Gasteiger partial charge in [-0.15, -0.1) is 0 Å². The molecule has 2 aromatic carbocycles. The maximum absolute atomic E-state index is 12.5. The van der Waals surface area contributed by atoms with Gasteiger partial charge in [0.1, 0.15) is 17.2 Å². The van der Waals surface area contributed by atoms with Crippen LogP contribution < -0.4 is 9.47 Å². The lowest BCUT2D eigenvalue weighted by atomic mass is 10.1. The first-order valence-corrected chi connectivity index (χ1v) is 22.3. The summed E-state index contributed by atoms with van der Waals surface area (Å²) in [4.78, 5) is 24.8. The average Bonchev–Trinajstić information content (AvgIpc) is 3.17. The highest BCUT2D eigenvalue weighted by molar-refractivity contribution is 5.75. The molecule has 0 fully saturated rings. The van der Waals surface area contributed by atoms with Gasteiger partial charge in [-0.05, 0) is 99.6 Å². The van der Waals surface area contributed by atoms with E-state index in [-0.39, 0.29) is 17.7 Å². The largest absolute Gasteiger partial charge is 0.508 e. The summed E-state index contributed by atoms with van der Waals surface area (Å²) in [5.41, 5.74) is 1.64. The number of esters is 2. The molecule has 0 unspecified atom stereocenters. The molecule has 0 radical (unpaired) electrons. The molecule has 0 aromatic heterocycles. The topological polar surface area (TPSA) is 72.8 Å². The van der Waals surface area contributed by atoms with Crippen molar-refractivity contribution < 1.29 is 24.2 Å². The molecule has 0 atom stereocenters. The maximum Gasteiger partial charge on any atom is 0.311 e. The smallest absolute Gasteiger partial charge is 0.311 e. The number of benzene rings is 2. The minimum Gasteiger partial charge on any atom is -0.508 e. The Balaban J connectivity index is 1.55. The second-order valence-corrected chi connectivity index (χ2v) is 15.3. The van der Waals surface area contributed by atoms with Gasteiger partial charge in [0.25, 0.3) is 0 Å². The van der Waals surface area contributed by atoms with Crippen LogP contribution in [0.3, 0.4) is 0 Å². The number of aromatic hydroxyl groups is 1. The van der Waals surface area contributed by atoms with Crippen molar-refractivity contribution >= 4 is 24.1 Å². The number of allylic oxidation sites excluding steroid dienone is 4. The fourth-order valence-electron chi connectivity index (χ4n) is 6.65. The molecule has 0 saturated carbocycles. The zero-order valence-electron chi connectivity index (χ0n) is 34.9. The third-order valence-electron chi connectivity index (χ3n) is 10.0. The molecule has 0 amide bonds. The van der Waals surface area contributed by atoms with Crippen LogP contribution in [0.15, 0.2) is 66.8 Å². The van der Waals surface area contributed by atoms with Crippen molar-refractivity contribution in [1.82, 2.24) is 0 Å². The summed E-state index contributed by atoms with van der Waals surface area (Å²) in [6.45, 7) is 4.52. The van der Waals surface area contributed by atoms with Gasteiger partial charge in [-0.1, -0.05) is 165 Å². The van der Waals surface area contributed by atoms with Crippen molar-refractivity contribution in [3.05, 3.63) is 77.9 Å². The molecule has 55 heavy (non-hydrogen) atoms. The summed E-state index contributed by atoms with van der Waals surface area (Å²) < 4.78 is 11.1. The molecule has 0 heterocycles. The number of hydrogen-bond donors (Lipinski definition) is 1. The highest BCUT2D eigenvalue weighted by Crippen LogP contribution is 2.25. The van der Waals surface area contributed by atoms with Crippen molar-refractivity contribution in [2.24, 2.45) is 0 Å². The van der Waals surface area contributed by atoms with Gasteiger partial charge in [0.15, 0.2) is 0 Å². The predicted molar refractivity (Wildman–Crippen MR) is 234 cm³/mol. The Kier molecular flexibility index (Phi) is 29.1. The second-order valence-electron chi connectivity index (χ2n) is 15.3. The Morgan fingerprint density at radius 2 is 0.836 bits per heavy atom. The Bertz CT molecular complexity index is 1340. The number of phenols is 1. The highest BCUT2D eigenvalue weighted by atomic mass is 16.5. The Hall–Kier alpha value is -3.60. The van der Waals surface area contributed by atoms with E-state index in [1.165, 1.54) is 122 Å². The van der Waals surface area contributed by atoms with Crippen molar-refractivity contribution in [1.29, 1.82) is 0 Å². The lowest BCUT2D eigenvalue weighted by molar-refractivity contribution is -0.135. The van der Waals surface area contributed by atoms with Crippen LogP contribution in [0.25, 0.3) is 12.2 Å². The lowest BCUT2D eigenvalue weighted by Crippen LogP contribution is -2.07. The van der Waals surface area contributed by atoms with Crippen LogP contribution in [0.2, 0.25) is 0 Å². The van der Waals surface area contributed by atoms with Gasteiger partial charge in [0.05, 0.1) is 0 Å². The summed E-state index contributed by atoms with van der Waals surface area (Å²) in [6, 6.07) is 12.2. The molecular weight excluding hydrogens is 681 g/mol. The average molecular weight is 757 g/mol. The van der Waals surface area contributed by atoms with Crippen molar-refractivity contribution in [3.8, 4) is 17.2 Å². The van der Waals surface area contributed by atoms with E-state index in [0.29, 0.717) is 24.3 Å². The molecule has 0 aliphatic carbocycles. The third kappa shape index (κ3) is 27.6. The molecular formula is C50H76O5. The van der Waals surface area contributed by atoms with E-state index in [4.69, 9.17) is 9.47 Å². The predicted octanol–water partition coefficient (Wildman–Crippen LogP) is 15.4. The molecule has 306 valence electrons. The van der Waals surface area contributed by atoms with Crippen LogP contribution >= 0.6 is 0 Å². The summed E-state index contributed by atoms with van der Waals surface area (Å²) >= 11 is 0. The van der Waals surface area contributed by atoms with Gasteiger partial charge in [-0.3, -0.25) is 9.59 Å². The number of ether oxygens (including phenoxy) is 2. The van der Waals surface area contributed by atoms with E-state index in [1.54, 1.807) is 24.3 Å². The molecule has 0 spiro atoms. The monoisotopic (exact) mass is 757 g/mol. The van der Waals surface area contributed by atoms with Crippen molar-refractivity contribution in [3.63, 3.8) is 0 Å². The van der Waals surface area contributed by atoms with E-state index >= 15 is 0 Å². The van der Waals surface area contributed by atoms with Gasteiger partial charge in [0, 0.05) is 18.9 Å². The molecule has 5 heteroatoms. The molecule has 5 nitrogen and oxygen atoms in total. The molecule has 2 rings (SSSR count). The Labute approximate surface area is 336 Å². The lowest BCUT2D eigenvalue weighted by Gasteiger charge is -2.07. The Morgan fingerprint density at radius 3 is 1.29 bits per heavy atom. The summed E-state index contributed by atoms with van der Waals surface area (Å²) in [6.07, 6.45) is 45.7.